The topological polar surface area (TPSA) is 53.0 Å². The molecule has 0 aromatic heterocycles. The summed E-state index contributed by atoms with van der Waals surface area (Å²) >= 11 is 0. The summed E-state index contributed by atoms with van der Waals surface area (Å²) in [6, 6.07) is 10.4. The zero-order chi connectivity index (χ0) is 11.4. The van der Waals surface area contributed by atoms with Crippen molar-refractivity contribution in [2.24, 2.45) is 5.73 Å². The third-order valence-corrected chi connectivity index (χ3v) is 3.16. The lowest BCUT2D eigenvalue weighted by Crippen LogP contribution is -2.39. The molecule has 17 heavy (non-hydrogen) atoms. The van der Waals surface area contributed by atoms with Crippen LogP contribution in [0.15, 0.2) is 24.3 Å². The van der Waals surface area contributed by atoms with Crippen LogP contribution in [0.3, 0.4) is 0 Å². The molecule has 0 saturated carbocycles. The van der Waals surface area contributed by atoms with E-state index in [1.807, 2.05) is 24.3 Å². The van der Waals surface area contributed by atoms with Crippen LogP contribution in [-0.2, 0) is 6.54 Å². The molecule has 1 aliphatic heterocycles. The number of nitriles is 1. The predicted octanol–water partition coefficient (Wildman–Crippen LogP) is 1.90. The van der Waals surface area contributed by atoms with Gasteiger partial charge in [0.15, 0.2) is 0 Å². The smallest absolute Gasteiger partial charge is 0.0995 e. The molecule has 0 radical (unpaired) electrons. The number of benzene rings is 1. The van der Waals surface area contributed by atoms with Gasteiger partial charge in [-0.3, -0.25) is 4.90 Å². The number of nitrogens with two attached hydrogens (primary N) is 1. The van der Waals surface area contributed by atoms with Crippen molar-refractivity contribution in [3.8, 4) is 6.07 Å². The maximum Gasteiger partial charge on any atom is 0.0995 e. The lowest BCUT2D eigenvalue weighted by atomic mass is 10.0. The van der Waals surface area contributed by atoms with Gasteiger partial charge in [-0.05, 0) is 37.6 Å². The fourth-order valence-electron chi connectivity index (χ4n) is 2.12. The van der Waals surface area contributed by atoms with Gasteiger partial charge in [0.25, 0.3) is 0 Å². The standard InChI is InChI=1S/C13H17N3.ClH/c14-9-11-3-1-2-4-12(11)10-16-7-5-13(15)6-8-16;/h1-4,13H,5-8,10,15H2;1H. The summed E-state index contributed by atoms with van der Waals surface area (Å²) in [6.07, 6.45) is 2.13. The number of rotatable bonds is 2. The highest BCUT2D eigenvalue weighted by molar-refractivity contribution is 5.85. The van der Waals surface area contributed by atoms with Crippen LogP contribution in [0.5, 0.6) is 0 Å². The second-order valence-corrected chi connectivity index (χ2v) is 4.38. The highest BCUT2D eigenvalue weighted by Crippen LogP contribution is 2.15. The van der Waals surface area contributed by atoms with Gasteiger partial charge in [0.2, 0.25) is 0 Å². The zero-order valence-electron chi connectivity index (χ0n) is 9.80. The molecule has 2 rings (SSSR count). The molecule has 0 atom stereocenters. The summed E-state index contributed by atoms with van der Waals surface area (Å²) < 4.78 is 0. The molecule has 0 spiro atoms. The molecule has 1 aromatic rings. The fraction of sp³-hybridized carbons (Fsp3) is 0.462. The van der Waals surface area contributed by atoms with Gasteiger partial charge in [-0.15, -0.1) is 12.4 Å². The molecular weight excluding hydrogens is 234 g/mol. The first kappa shape index (κ1) is 14.0. The van der Waals surface area contributed by atoms with Crippen LogP contribution in [0.25, 0.3) is 0 Å². The maximum absolute atomic E-state index is 9.00. The summed E-state index contributed by atoms with van der Waals surface area (Å²) in [4.78, 5) is 2.37. The lowest BCUT2D eigenvalue weighted by Gasteiger charge is -2.30. The summed E-state index contributed by atoms with van der Waals surface area (Å²) in [6.45, 7) is 2.96. The summed E-state index contributed by atoms with van der Waals surface area (Å²) in [7, 11) is 0. The van der Waals surface area contributed by atoms with Gasteiger partial charge in [0.05, 0.1) is 11.6 Å². The Balaban J connectivity index is 0.00000144. The van der Waals surface area contributed by atoms with Gasteiger partial charge in [0.1, 0.15) is 0 Å². The zero-order valence-corrected chi connectivity index (χ0v) is 10.6. The third kappa shape index (κ3) is 3.71. The molecule has 1 saturated heterocycles. The molecule has 4 heteroatoms. The van der Waals surface area contributed by atoms with Crippen molar-refractivity contribution >= 4 is 12.4 Å². The highest BCUT2D eigenvalue weighted by atomic mass is 35.5. The molecule has 0 amide bonds. The van der Waals surface area contributed by atoms with Crippen molar-refractivity contribution in [3.63, 3.8) is 0 Å². The molecular formula is C13H18ClN3. The number of hydrogen-bond donors (Lipinski definition) is 1. The highest BCUT2D eigenvalue weighted by Gasteiger charge is 2.16. The first-order valence-corrected chi connectivity index (χ1v) is 5.75. The number of hydrogen-bond acceptors (Lipinski definition) is 3. The minimum atomic E-state index is 0. The van der Waals surface area contributed by atoms with Gasteiger partial charge >= 0.3 is 0 Å². The molecule has 0 unspecified atom stereocenters. The Kier molecular flexibility index (Phi) is 5.43. The van der Waals surface area contributed by atoms with Crippen molar-refractivity contribution in [1.29, 1.82) is 5.26 Å². The number of nitrogens with zero attached hydrogens (tertiary/aromatic N) is 2. The van der Waals surface area contributed by atoms with Crippen LogP contribution >= 0.6 is 12.4 Å². The number of likely N-dealkylation sites (tertiary alicyclic amines) is 1. The molecule has 2 N–H and O–H groups in total. The largest absolute Gasteiger partial charge is 0.328 e. The quantitative estimate of drug-likeness (QED) is 0.874. The van der Waals surface area contributed by atoms with E-state index in [1.165, 1.54) is 0 Å². The first-order chi connectivity index (χ1) is 7.79. The van der Waals surface area contributed by atoms with Crippen molar-refractivity contribution < 1.29 is 0 Å². The molecule has 1 aliphatic rings. The Morgan fingerprint density at radius 1 is 1.29 bits per heavy atom. The van der Waals surface area contributed by atoms with Gasteiger partial charge in [0, 0.05) is 12.6 Å². The molecule has 92 valence electrons. The number of halogens is 1. The maximum atomic E-state index is 9.00. The summed E-state index contributed by atoms with van der Waals surface area (Å²) in [5, 5.41) is 9.00. The van der Waals surface area contributed by atoms with Gasteiger partial charge < -0.3 is 5.73 Å². The average molecular weight is 252 g/mol. The molecule has 1 fully saturated rings. The van der Waals surface area contributed by atoms with Gasteiger partial charge in [-0.2, -0.15) is 5.26 Å². The third-order valence-electron chi connectivity index (χ3n) is 3.16. The fourth-order valence-corrected chi connectivity index (χ4v) is 2.12. The van der Waals surface area contributed by atoms with Crippen molar-refractivity contribution in [2.45, 2.75) is 25.4 Å². The normalized spacial score (nSPS) is 17.2. The molecule has 0 bridgehead atoms. The molecule has 3 nitrogen and oxygen atoms in total. The van der Waals surface area contributed by atoms with E-state index in [-0.39, 0.29) is 12.4 Å². The van der Waals surface area contributed by atoms with Crippen LogP contribution in [0.1, 0.15) is 24.0 Å². The van der Waals surface area contributed by atoms with Gasteiger partial charge in [-0.25, -0.2) is 0 Å². The van der Waals surface area contributed by atoms with Crippen LogP contribution in [0.2, 0.25) is 0 Å². The Bertz CT molecular complexity index is 392. The van der Waals surface area contributed by atoms with Crippen LogP contribution < -0.4 is 5.73 Å². The van der Waals surface area contributed by atoms with E-state index in [1.54, 1.807) is 0 Å². The Morgan fingerprint density at radius 3 is 2.59 bits per heavy atom. The second kappa shape index (κ2) is 6.61. The summed E-state index contributed by atoms with van der Waals surface area (Å²) in [5.41, 5.74) is 7.78. The molecule has 1 heterocycles. The van der Waals surface area contributed by atoms with Crippen LogP contribution in [0.4, 0.5) is 0 Å². The average Bonchev–Trinajstić information content (AvgIpc) is 2.33. The van der Waals surface area contributed by atoms with E-state index in [9.17, 15) is 0 Å². The van der Waals surface area contributed by atoms with Crippen LogP contribution in [0, 0.1) is 11.3 Å². The Hall–Kier alpha value is -1.08. The van der Waals surface area contributed by atoms with E-state index < -0.39 is 0 Å². The Labute approximate surface area is 109 Å². The monoisotopic (exact) mass is 251 g/mol. The van der Waals surface area contributed by atoms with E-state index in [2.05, 4.69) is 11.0 Å². The van der Waals surface area contributed by atoms with Crippen molar-refractivity contribution in [1.82, 2.24) is 4.90 Å². The number of piperidine rings is 1. The minimum absolute atomic E-state index is 0. The minimum Gasteiger partial charge on any atom is -0.328 e. The Morgan fingerprint density at radius 2 is 1.94 bits per heavy atom. The second-order valence-electron chi connectivity index (χ2n) is 4.38. The lowest BCUT2D eigenvalue weighted by molar-refractivity contribution is 0.205. The van der Waals surface area contributed by atoms with E-state index in [0.717, 1.165) is 43.6 Å². The predicted molar refractivity (Wildman–Crippen MR) is 70.9 cm³/mol. The van der Waals surface area contributed by atoms with E-state index in [4.69, 9.17) is 11.0 Å². The van der Waals surface area contributed by atoms with Crippen molar-refractivity contribution in [3.05, 3.63) is 35.4 Å². The summed E-state index contributed by atoms with van der Waals surface area (Å²) in [5.74, 6) is 0. The first-order valence-electron chi connectivity index (χ1n) is 5.75. The molecule has 0 aliphatic carbocycles. The SMILES string of the molecule is Cl.N#Cc1ccccc1CN1CCC(N)CC1. The van der Waals surface area contributed by atoms with E-state index >= 15 is 0 Å². The van der Waals surface area contributed by atoms with Gasteiger partial charge in [-0.1, -0.05) is 18.2 Å². The van der Waals surface area contributed by atoms with E-state index in [0.29, 0.717) is 6.04 Å². The van der Waals surface area contributed by atoms with Crippen LogP contribution in [-0.4, -0.2) is 24.0 Å². The van der Waals surface area contributed by atoms with Crippen molar-refractivity contribution in [2.75, 3.05) is 13.1 Å². The molecule has 1 aromatic carbocycles.